The zero-order chi connectivity index (χ0) is 47.0. The average Bonchev–Trinajstić information content (AvgIpc) is 3.90. The third-order valence-electron chi connectivity index (χ3n) is 11.8. The van der Waals surface area contributed by atoms with Gasteiger partial charge in [-0.3, -0.25) is 34.1 Å². The Morgan fingerprint density at radius 2 is 1.46 bits per heavy atom. The minimum Gasteiger partial charge on any atom is -0.396 e. The van der Waals surface area contributed by atoms with Crippen LogP contribution < -0.4 is 26.2 Å². The van der Waals surface area contributed by atoms with Crippen molar-refractivity contribution in [1.82, 2.24) is 35.8 Å². The molecule has 6 amide bonds. The molecule has 1 saturated heterocycles. The van der Waals surface area contributed by atoms with Crippen LogP contribution in [-0.4, -0.2) is 132 Å². The van der Waals surface area contributed by atoms with E-state index in [0.717, 1.165) is 48.1 Å². The van der Waals surface area contributed by atoms with E-state index in [2.05, 4.69) is 31.6 Å². The van der Waals surface area contributed by atoms with Crippen LogP contribution in [0.5, 0.6) is 0 Å². The van der Waals surface area contributed by atoms with Crippen molar-refractivity contribution in [2.24, 2.45) is 0 Å². The number of hydrogen-bond donors (Lipinski definition) is 5. The van der Waals surface area contributed by atoms with E-state index in [1.54, 1.807) is 23.1 Å². The normalized spacial score (nSPS) is 15.2. The lowest BCUT2D eigenvalue weighted by Gasteiger charge is -2.29. The Morgan fingerprint density at radius 3 is 2.27 bits per heavy atom. The second-order valence-electron chi connectivity index (χ2n) is 16.4. The van der Waals surface area contributed by atoms with Crippen molar-refractivity contribution < 1.29 is 48.1 Å². The van der Waals surface area contributed by atoms with Crippen LogP contribution in [0.1, 0.15) is 72.9 Å². The number of nitrogens with one attached hydrogen (secondary N) is 4. The second-order valence-corrected chi connectivity index (χ2v) is 16.4. The van der Waals surface area contributed by atoms with Crippen molar-refractivity contribution in [1.29, 1.82) is 0 Å². The fourth-order valence-corrected chi connectivity index (χ4v) is 8.40. The van der Waals surface area contributed by atoms with E-state index in [1.807, 2.05) is 53.2 Å². The van der Waals surface area contributed by atoms with Gasteiger partial charge in [0.05, 0.1) is 70.7 Å². The van der Waals surface area contributed by atoms with Crippen LogP contribution in [0.15, 0.2) is 66.7 Å². The number of nitrogens with zero attached hydrogens (tertiary/aromatic N) is 5. The third-order valence-corrected chi connectivity index (χ3v) is 11.8. The quantitative estimate of drug-likeness (QED) is 0.0476. The molecular formula is C48H59N9O10. The number of rotatable bonds is 25. The molecule has 3 aliphatic heterocycles. The largest absolute Gasteiger partial charge is 0.396 e. The van der Waals surface area contributed by atoms with E-state index >= 15 is 0 Å². The summed E-state index contributed by atoms with van der Waals surface area (Å²) in [6.45, 7) is 3.97. The number of ether oxygens (including phenoxy) is 3. The number of amides is 6. The van der Waals surface area contributed by atoms with E-state index < -0.39 is 11.9 Å². The van der Waals surface area contributed by atoms with E-state index in [1.165, 1.54) is 4.90 Å². The van der Waals surface area contributed by atoms with Gasteiger partial charge in [-0.15, -0.1) is 5.10 Å². The Kier molecular flexibility index (Phi) is 17.5. The average molecular weight is 922 g/mol. The van der Waals surface area contributed by atoms with Crippen molar-refractivity contribution in [3.63, 3.8) is 0 Å². The van der Waals surface area contributed by atoms with Crippen molar-refractivity contribution in [3.8, 4) is 22.5 Å². The third kappa shape index (κ3) is 12.7. The van der Waals surface area contributed by atoms with Gasteiger partial charge in [0.15, 0.2) is 0 Å². The highest BCUT2D eigenvalue weighted by Gasteiger charge is 2.40. The van der Waals surface area contributed by atoms with Crippen LogP contribution in [0.25, 0.3) is 22.5 Å². The van der Waals surface area contributed by atoms with Crippen molar-refractivity contribution in [2.45, 2.75) is 77.0 Å². The SMILES string of the molecule is O=C(CCC(=O)N1Cc2ccccc2-c2c(nnn2CCOCCOCCOCCNC(=O)CNc2cccc3c2CN(C2CCC(=O)NC2=O)C3=O)-c2ccccc21)NCCCCCCO. The molecule has 3 aliphatic rings. The number of aromatic nitrogens is 3. The molecule has 0 radical (unpaired) electrons. The smallest absolute Gasteiger partial charge is 0.255 e. The van der Waals surface area contributed by atoms with E-state index in [-0.39, 0.29) is 74.9 Å². The molecule has 1 fully saturated rings. The van der Waals surface area contributed by atoms with Gasteiger partial charge in [0.2, 0.25) is 29.5 Å². The van der Waals surface area contributed by atoms with Gasteiger partial charge in [-0.25, -0.2) is 4.68 Å². The maximum absolute atomic E-state index is 13.8. The molecule has 19 nitrogen and oxygen atoms in total. The molecular weight excluding hydrogens is 863 g/mol. The molecule has 67 heavy (non-hydrogen) atoms. The van der Waals surface area contributed by atoms with Crippen LogP contribution >= 0.6 is 0 Å². The standard InChI is InChI=1S/C48H59N9O10/c58-23-8-2-1-7-20-49-41(59)18-19-44(62)55-31-33-10-3-4-11-34(33)46-45(36-12-5-6-15-39(36)55)53-54-57(46)22-25-66-27-29-67-28-26-65-24-21-50-43(61)30-51-38-14-9-13-35-37(38)32-56(48(35)64)40-16-17-42(60)52-47(40)63/h3-6,9-15,40,51,58H,1-2,7-8,16-32H2,(H,49,59)(H,50,61)(H,52,60,63). The lowest BCUT2D eigenvalue weighted by atomic mass is 9.95. The van der Waals surface area contributed by atoms with Crippen LogP contribution in [0.4, 0.5) is 11.4 Å². The molecule has 4 aromatic rings. The van der Waals surface area contributed by atoms with E-state index in [9.17, 15) is 28.8 Å². The fourth-order valence-electron chi connectivity index (χ4n) is 8.40. The van der Waals surface area contributed by atoms with Crippen molar-refractivity contribution in [3.05, 3.63) is 83.4 Å². The first kappa shape index (κ1) is 48.4. The summed E-state index contributed by atoms with van der Waals surface area (Å²) >= 11 is 0. The number of unbranched alkanes of at least 4 members (excludes halogenated alkanes) is 3. The molecule has 1 atom stereocenters. The van der Waals surface area contributed by atoms with Gasteiger partial charge in [-0.05, 0) is 43.0 Å². The van der Waals surface area contributed by atoms with Crippen LogP contribution in [0.3, 0.4) is 0 Å². The number of anilines is 2. The molecule has 356 valence electrons. The Bertz CT molecular complexity index is 2390. The molecule has 1 aromatic heterocycles. The van der Waals surface area contributed by atoms with Crippen LogP contribution in [-0.2, 0) is 57.8 Å². The number of piperidine rings is 1. The van der Waals surface area contributed by atoms with Gasteiger partial charge in [-0.2, -0.15) is 0 Å². The zero-order valence-corrected chi connectivity index (χ0v) is 37.6. The Labute approximate surface area is 388 Å². The van der Waals surface area contributed by atoms with Crippen molar-refractivity contribution in [2.75, 3.05) is 76.1 Å². The molecule has 5 N–H and O–H groups in total. The number of carbonyl (C=O) groups excluding carboxylic acids is 6. The summed E-state index contributed by atoms with van der Waals surface area (Å²) in [5.41, 5.74) is 6.57. The summed E-state index contributed by atoms with van der Waals surface area (Å²) in [5.74, 6) is -1.67. The Balaban J connectivity index is 0.792. The Hall–Kier alpha value is -6.54. The molecule has 0 saturated carbocycles. The summed E-state index contributed by atoms with van der Waals surface area (Å²) in [4.78, 5) is 79.2. The first-order valence-electron chi connectivity index (χ1n) is 23.0. The maximum Gasteiger partial charge on any atom is 0.255 e. The van der Waals surface area contributed by atoms with Gasteiger partial charge in [0.25, 0.3) is 5.91 Å². The van der Waals surface area contributed by atoms with Gasteiger partial charge in [0, 0.05) is 73.4 Å². The number of fused-ring (bicyclic) bond motifs is 6. The highest BCUT2D eigenvalue weighted by Crippen LogP contribution is 2.41. The summed E-state index contributed by atoms with van der Waals surface area (Å²) in [7, 11) is 0. The molecule has 0 bridgehead atoms. The number of benzene rings is 3. The van der Waals surface area contributed by atoms with Gasteiger partial charge < -0.3 is 45.1 Å². The summed E-state index contributed by atoms with van der Waals surface area (Å²) in [5, 5.41) is 29.2. The van der Waals surface area contributed by atoms with E-state index in [0.29, 0.717) is 94.0 Å². The van der Waals surface area contributed by atoms with Gasteiger partial charge in [-0.1, -0.05) is 66.6 Å². The summed E-state index contributed by atoms with van der Waals surface area (Å²) < 4.78 is 19.0. The maximum atomic E-state index is 13.8. The molecule has 0 aliphatic carbocycles. The number of aliphatic hydroxyl groups excluding tert-OH is 1. The van der Waals surface area contributed by atoms with Crippen LogP contribution in [0, 0.1) is 0 Å². The predicted molar refractivity (Wildman–Crippen MR) is 246 cm³/mol. The first-order valence-corrected chi connectivity index (χ1v) is 23.0. The highest BCUT2D eigenvalue weighted by atomic mass is 16.5. The summed E-state index contributed by atoms with van der Waals surface area (Å²) in [6.07, 6.45) is 4.02. The van der Waals surface area contributed by atoms with Crippen molar-refractivity contribution >= 4 is 46.8 Å². The number of carbonyl (C=O) groups is 6. The lowest BCUT2D eigenvalue weighted by Crippen LogP contribution is -2.52. The lowest BCUT2D eigenvalue weighted by molar-refractivity contribution is -0.137. The molecule has 7 rings (SSSR count). The molecule has 0 spiro atoms. The number of imide groups is 1. The zero-order valence-electron chi connectivity index (χ0n) is 37.6. The Morgan fingerprint density at radius 1 is 0.746 bits per heavy atom. The number of para-hydroxylation sites is 1. The highest BCUT2D eigenvalue weighted by molar-refractivity contribution is 6.06. The molecule has 4 heterocycles. The topological polar surface area (TPSA) is 236 Å². The minimum atomic E-state index is -0.717. The summed E-state index contributed by atoms with van der Waals surface area (Å²) in [6, 6.07) is 20.0. The molecule has 1 unspecified atom stereocenters. The second kappa shape index (κ2) is 24.3. The van der Waals surface area contributed by atoms with Crippen LogP contribution in [0.2, 0.25) is 0 Å². The van der Waals surface area contributed by atoms with Gasteiger partial charge in [0.1, 0.15) is 11.7 Å². The number of aliphatic hydroxyl groups is 1. The predicted octanol–water partition coefficient (Wildman–Crippen LogP) is 2.95. The van der Waals surface area contributed by atoms with Gasteiger partial charge >= 0.3 is 0 Å². The minimum absolute atomic E-state index is 0.0213. The van der Waals surface area contributed by atoms with E-state index in [4.69, 9.17) is 19.3 Å². The molecule has 19 heteroatoms. The monoisotopic (exact) mass is 921 g/mol. The fraction of sp³-hybridized carbons (Fsp3) is 0.458. The number of hydrogen-bond acceptors (Lipinski definition) is 13. The molecule has 3 aromatic carbocycles. The first-order chi connectivity index (χ1) is 32.7.